The van der Waals surface area contributed by atoms with Crippen LogP contribution >= 0.6 is 27.3 Å². The number of aromatic nitrogens is 1. The topological polar surface area (TPSA) is 79.6 Å². The fourth-order valence-corrected chi connectivity index (χ4v) is 2.82. The van der Waals surface area contributed by atoms with Gasteiger partial charge in [-0.25, -0.2) is 4.98 Å². The fraction of sp³-hybridized carbons (Fsp3) is 0.400. The van der Waals surface area contributed by atoms with E-state index in [4.69, 9.17) is 0 Å². The molecule has 0 aliphatic heterocycles. The Kier molecular flexibility index (Phi) is 5.90. The molecular formula is C10H13BrN4O3S. The monoisotopic (exact) mass is 348 g/mol. The second-order valence-electron chi connectivity index (χ2n) is 3.58. The first kappa shape index (κ1) is 15.6. The van der Waals surface area contributed by atoms with E-state index in [1.807, 2.05) is 6.92 Å². The van der Waals surface area contributed by atoms with Crippen molar-refractivity contribution < 1.29 is 9.72 Å². The number of nitrogens with zero attached hydrogens (tertiary/aromatic N) is 4. The molecule has 1 rings (SSSR count). The Hall–Kier alpha value is -1.48. The van der Waals surface area contributed by atoms with Crippen LogP contribution in [-0.2, 0) is 11.3 Å². The summed E-state index contributed by atoms with van der Waals surface area (Å²) in [5.74, 6) is 0.243. The van der Waals surface area contributed by atoms with Gasteiger partial charge in [0.1, 0.15) is 0 Å². The van der Waals surface area contributed by atoms with Gasteiger partial charge in [0.2, 0.25) is 6.41 Å². The van der Waals surface area contributed by atoms with E-state index < -0.39 is 4.92 Å². The van der Waals surface area contributed by atoms with Crippen molar-refractivity contribution in [1.82, 2.24) is 14.8 Å². The zero-order chi connectivity index (χ0) is 14.4. The number of hydrogen-bond acceptors (Lipinski definition) is 6. The van der Waals surface area contributed by atoms with Crippen molar-refractivity contribution in [2.24, 2.45) is 0 Å². The first-order chi connectivity index (χ1) is 8.97. The predicted molar refractivity (Wildman–Crippen MR) is 74.8 cm³/mol. The van der Waals surface area contributed by atoms with Gasteiger partial charge in [-0.05, 0) is 22.9 Å². The average molecular weight is 349 g/mol. The minimum absolute atomic E-state index is 0.243. The maximum atomic E-state index is 10.8. The number of carbonyl (C=O) groups is 1. The number of hydrogen-bond donors (Lipinski definition) is 0. The zero-order valence-corrected chi connectivity index (χ0v) is 12.8. The van der Waals surface area contributed by atoms with E-state index in [-0.39, 0.29) is 5.82 Å². The van der Waals surface area contributed by atoms with Crippen LogP contribution in [0.1, 0.15) is 11.8 Å². The maximum Gasteiger partial charge on any atom is 0.274 e. The van der Waals surface area contributed by atoms with Gasteiger partial charge >= 0.3 is 0 Å². The number of nitro groups is 1. The van der Waals surface area contributed by atoms with Gasteiger partial charge in [0.25, 0.3) is 6.20 Å². The molecule has 1 heterocycles. The van der Waals surface area contributed by atoms with Gasteiger partial charge in [-0.2, -0.15) is 0 Å². The van der Waals surface area contributed by atoms with Gasteiger partial charge in [-0.15, -0.1) is 11.3 Å². The van der Waals surface area contributed by atoms with E-state index in [1.54, 1.807) is 11.1 Å². The summed E-state index contributed by atoms with van der Waals surface area (Å²) in [4.78, 5) is 28.8. The Bertz CT molecular complexity index is 491. The largest absolute Gasteiger partial charge is 0.348 e. The molecule has 0 atom stereocenters. The lowest BCUT2D eigenvalue weighted by Gasteiger charge is -2.27. The Morgan fingerprint density at radius 1 is 1.68 bits per heavy atom. The molecule has 0 bridgehead atoms. The molecular weight excluding hydrogens is 336 g/mol. The van der Waals surface area contributed by atoms with Gasteiger partial charge in [-0.1, -0.05) is 0 Å². The maximum absolute atomic E-state index is 10.8. The van der Waals surface area contributed by atoms with Crippen molar-refractivity contribution in [2.75, 3.05) is 13.6 Å². The van der Waals surface area contributed by atoms with E-state index in [1.165, 1.54) is 23.3 Å². The molecule has 19 heavy (non-hydrogen) atoms. The van der Waals surface area contributed by atoms with Crippen molar-refractivity contribution in [3.8, 4) is 0 Å². The predicted octanol–water partition coefficient (Wildman–Crippen LogP) is 1.89. The number of thiazole rings is 1. The highest BCUT2D eigenvalue weighted by Gasteiger charge is 2.17. The standard InChI is InChI=1S/C10H13BrN4O3S/c1-3-14(5-8-4-12-10(11)19-8)9(6-15(17)18)13(2)7-16/h4,6-7H,3,5H2,1-2H3. The third-order valence-corrected chi connectivity index (χ3v) is 3.78. The number of amides is 1. The Morgan fingerprint density at radius 2 is 2.37 bits per heavy atom. The lowest BCUT2D eigenvalue weighted by molar-refractivity contribution is -0.405. The first-order valence-corrected chi connectivity index (χ1v) is 6.97. The highest BCUT2D eigenvalue weighted by atomic mass is 79.9. The third kappa shape index (κ3) is 4.60. The smallest absolute Gasteiger partial charge is 0.274 e. The summed E-state index contributed by atoms with van der Waals surface area (Å²) in [6.07, 6.45) is 3.07. The molecule has 0 saturated carbocycles. The minimum atomic E-state index is -0.569. The summed E-state index contributed by atoms with van der Waals surface area (Å²) < 4.78 is 0.752. The molecule has 0 spiro atoms. The molecule has 7 nitrogen and oxygen atoms in total. The lowest BCUT2D eigenvalue weighted by atomic mass is 10.4. The lowest BCUT2D eigenvalue weighted by Crippen LogP contribution is -2.32. The minimum Gasteiger partial charge on any atom is -0.348 e. The van der Waals surface area contributed by atoms with Crippen LogP contribution in [0.4, 0.5) is 0 Å². The third-order valence-electron chi connectivity index (χ3n) is 2.32. The summed E-state index contributed by atoms with van der Waals surface area (Å²) in [7, 11) is 1.48. The average Bonchev–Trinajstić information content (AvgIpc) is 2.77. The van der Waals surface area contributed by atoms with Crippen LogP contribution < -0.4 is 0 Å². The molecule has 0 aliphatic carbocycles. The Morgan fingerprint density at radius 3 is 2.79 bits per heavy atom. The van der Waals surface area contributed by atoms with E-state index in [0.29, 0.717) is 19.5 Å². The van der Waals surface area contributed by atoms with Gasteiger partial charge in [0, 0.05) is 24.7 Å². The van der Waals surface area contributed by atoms with Gasteiger partial charge in [0.05, 0.1) is 11.5 Å². The molecule has 0 aliphatic rings. The van der Waals surface area contributed by atoms with Gasteiger partial charge in [-0.3, -0.25) is 19.8 Å². The molecule has 0 aromatic carbocycles. The van der Waals surface area contributed by atoms with Gasteiger partial charge < -0.3 is 4.90 Å². The summed E-state index contributed by atoms with van der Waals surface area (Å²) in [6.45, 7) is 2.85. The SMILES string of the molecule is CCN(Cc1cnc(Br)s1)C(=C[N+](=O)[O-])N(C)C=O. The zero-order valence-electron chi connectivity index (χ0n) is 10.4. The van der Waals surface area contributed by atoms with E-state index >= 15 is 0 Å². The van der Waals surface area contributed by atoms with Crippen molar-refractivity contribution in [3.05, 3.63) is 37.1 Å². The molecule has 0 radical (unpaired) electrons. The first-order valence-electron chi connectivity index (χ1n) is 5.36. The molecule has 0 fully saturated rings. The number of carbonyl (C=O) groups excluding carboxylic acids is 1. The molecule has 104 valence electrons. The Labute approximate surface area is 122 Å². The van der Waals surface area contributed by atoms with Crippen molar-refractivity contribution in [2.45, 2.75) is 13.5 Å². The number of halogens is 1. The van der Waals surface area contributed by atoms with Crippen LogP contribution in [-0.4, -0.2) is 39.7 Å². The quantitative estimate of drug-likeness (QED) is 0.427. The van der Waals surface area contributed by atoms with Crippen LogP contribution in [0.2, 0.25) is 0 Å². The molecule has 0 saturated heterocycles. The van der Waals surface area contributed by atoms with Crippen LogP contribution in [0.15, 0.2) is 22.1 Å². The van der Waals surface area contributed by atoms with E-state index in [9.17, 15) is 14.9 Å². The summed E-state index contributed by atoms with van der Waals surface area (Å²) in [6, 6.07) is 0. The number of rotatable bonds is 7. The van der Waals surface area contributed by atoms with Crippen LogP contribution in [0.25, 0.3) is 0 Å². The van der Waals surface area contributed by atoms with E-state index in [0.717, 1.165) is 15.0 Å². The normalized spacial score (nSPS) is 11.2. The highest BCUT2D eigenvalue weighted by molar-refractivity contribution is 9.11. The molecule has 0 unspecified atom stereocenters. The molecule has 9 heteroatoms. The Balaban J connectivity index is 2.96. The fourth-order valence-electron chi connectivity index (χ4n) is 1.44. The van der Waals surface area contributed by atoms with Crippen molar-refractivity contribution in [3.63, 3.8) is 0 Å². The molecule has 0 N–H and O–H groups in total. The van der Waals surface area contributed by atoms with Crippen molar-refractivity contribution in [1.29, 1.82) is 0 Å². The molecule has 1 aromatic heterocycles. The van der Waals surface area contributed by atoms with E-state index in [2.05, 4.69) is 20.9 Å². The molecule has 1 amide bonds. The van der Waals surface area contributed by atoms with Gasteiger partial charge in [0.15, 0.2) is 9.74 Å². The summed E-state index contributed by atoms with van der Waals surface area (Å²) in [5.41, 5.74) is 0. The second-order valence-corrected chi connectivity index (χ2v) is 5.97. The summed E-state index contributed by atoms with van der Waals surface area (Å²) in [5, 5.41) is 10.6. The van der Waals surface area contributed by atoms with Crippen molar-refractivity contribution >= 4 is 33.7 Å². The van der Waals surface area contributed by atoms with Crippen LogP contribution in [0.3, 0.4) is 0 Å². The van der Waals surface area contributed by atoms with Crippen LogP contribution in [0, 0.1) is 10.1 Å². The molecule has 1 aromatic rings. The van der Waals surface area contributed by atoms with Crippen LogP contribution in [0.5, 0.6) is 0 Å². The highest BCUT2D eigenvalue weighted by Crippen LogP contribution is 2.21. The summed E-state index contributed by atoms with van der Waals surface area (Å²) >= 11 is 4.71. The second kappa shape index (κ2) is 7.19.